The lowest BCUT2D eigenvalue weighted by Crippen LogP contribution is -2.39. The Hall–Kier alpha value is -2.77. The van der Waals surface area contributed by atoms with Gasteiger partial charge in [-0.1, -0.05) is 18.2 Å². The summed E-state index contributed by atoms with van der Waals surface area (Å²) in [6.07, 6.45) is 4.24. The van der Waals surface area contributed by atoms with E-state index in [1.54, 1.807) is 17.0 Å². The molecule has 2 aliphatic heterocycles. The number of hydrogen-bond acceptors (Lipinski definition) is 5. The van der Waals surface area contributed by atoms with Crippen LogP contribution < -0.4 is 10.1 Å². The number of ether oxygens (including phenoxy) is 3. The SMILES string of the molecule is O=C(Nc1ccc(OC[C@H]2CCCO2)cc1)N(Cc1ccccc1O)C[C@H]1CCCO1. The number of carbonyl (C=O) groups is 1. The second-order valence-electron chi connectivity index (χ2n) is 8.04. The highest BCUT2D eigenvalue weighted by Gasteiger charge is 2.24. The van der Waals surface area contributed by atoms with E-state index in [1.807, 2.05) is 36.4 Å². The van der Waals surface area contributed by atoms with E-state index in [9.17, 15) is 9.90 Å². The smallest absolute Gasteiger partial charge is 0.322 e. The minimum Gasteiger partial charge on any atom is -0.508 e. The number of hydrogen-bond donors (Lipinski definition) is 2. The summed E-state index contributed by atoms with van der Waals surface area (Å²) in [6, 6.07) is 14.2. The molecule has 2 heterocycles. The second-order valence-corrected chi connectivity index (χ2v) is 8.04. The van der Waals surface area contributed by atoms with E-state index in [-0.39, 0.29) is 24.0 Å². The Kier molecular flexibility index (Phi) is 7.27. The third kappa shape index (κ3) is 6.12. The van der Waals surface area contributed by atoms with Gasteiger partial charge >= 0.3 is 6.03 Å². The minimum atomic E-state index is -0.230. The van der Waals surface area contributed by atoms with Crippen molar-refractivity contribution in [1.82, 2.24) is 4.90 Å². The quantitative estimate of drug-likeness (QED) is 0.662. The zero-order chi connectivity index (χ0) is 21.5. The number of rotatable bonds is 8. The summed E-state index contributed by atoms with van der Waals surface area (Å²) in [5.41, 5.74) is 1.39. The fraction of sp³-hybridized carbons (Fsp3) is 0.458. The second kappa shape index (κ2) is 10.5. The monoisotopic (exact) mass is 426 g/mol. The molecular formula is C24H30N2O5. The zero-order valence-electron chi connectivity index (χ0n) is 17.7. The molecule has 2 N–H and O–H groups in total. The van der Waals surface area contributed by atoms with Crippen LogP contribution in [0.1, 0.15) is 31.2 Å². The number of phenolic OH excluding ortho intramolecular Hbond substituents is 1. The molecular weight excluding hydrogens is 396 g/mol. The van der Waals surface area contributed by atoms with Gasteiger partial charge in [0.15, 0.2) is 0 Å². The van der Waals surface area contributed by atoms with E-state index in [0.29, 0.717) is 30.9 Å². The van der Waals surface area contributed by atoms with Crippen LogP contribution in [0, 0.1) is 0 Å². The highest BCUT2D eigenvalue weighted by Crippen LogP contribution is 2.22. The molecule has 2 aromatic rings. The molecule has 2 atom stereocenters. The molecule has 2 saturated heterocycles. The number of para-hydroxylation sites is 1. The van der Waals surface area contributed by atoms with E-state index < -0.39 is 0 Å². The summed E-state index contributed by atoms with van der Waals surface area (Å²) in [6.45, 7) is 2.86. The molecule has 4 rings (SSSR count). The number of urea groups is 1. The Bertz CT molecular complexity index is 845. The van der Waals surface area contributed by atoms with Gasteiger partial charge in [-0.05, 0) is 56.0 Å². The fourth-order valence-corrected chi connectivity index (χ4v) is 3.91. The van der Waals surface area contributed by atoms with E-state index in [1.165, 1.54) is 0 Å². The van der Waals surface area contributed by atoms with Gasteiger partial charge in [-0.3, -0.25) is 0 Å². The van der Waals surface area contributed by atoms with Crippen molar-refractivity contribution in [3.63, 3.8) is 0 Å². The Morgan fingerprint density at radius 2 is 1.74 bits per heavy atom. The number of anilines is 1. The van der Waals surface area contributed by atoms with Gasteiger partial charge in [0.2, 0.25) is 0 Å². The first-order valence-corrected chi connectivity index (χ1v) is 11.0. The average Bonchev–Trinajstić information content (AvgIpc) is 3.48. The average molecular weight is 427 g/mol. The summed E-state index contributed by atoms with van der Waals surface area (Å²) in [5.74, 6) is 0.930. The van der Waals surface area contributed by atoms with Gasteiger partial charge in [-0.25, -0.2) is 4.79 Å². The van der Waals surface area contributed by atoms with Crippen molar-refractivity contribution in [2.45, 2.75) is 44.4 Å². The van der Waals surface area contributed by atoms with E-state index >= 15 is 0 Å². The number of benzene rings is 2. The van der Waals surface area contributed by atoms with Crippen LogP contribution in [-0.2, 0) is 16.0 Å². The Labute approximate surface area is 182 Å². The summed E-state index contributed by atoms with van der Waals surface area (Å²) in [4.78, 5) is 14.7. The minimum absolute atomic E-state index is 0.0187. The Morgan fingerprint density at radius 3 is 2.42 bits per heavy atom. The predicted octanol–water partition coefficient (Wildman–Crippen LogP) is 4.16. The number of amides is 2. The molecule has 0 spiro atoms. The van der Waals surface area contributed by atoms with Gasteiger partial charge < -0.3 is 29.5 Å². The van der Waals surface area contributed by atoms with Crippen LogP contribution in [0.4, 0.5) is 10.5 Å². The topological polar surface area (TPSA) is 80.3 Å². The largest absolute Gasteiger partial charge is 0.508 e. The maximum atomic E-state index is 13.0. The fourth-order valence-electron chi connectivity index (χ4n) is 3.91. The molecule has 0 radical (unpaired) electrons. The summed E-state index contributed by atoms with van der Waals surface area (Å²) in [7, 11) is 0. The lowest BCUT2D eigenvalue weighted by Gasteiger charge is -2.26. The molecule has 31 heavy (non-hydrogen) atoms. The van der Waals surface area contributed by atoms with Crippen LogP contribution in [0.15, 0.2) is 48.5 Å². The molecule has 0 unspecified atom stereocenters. The van der Waals surface area contributed by atoms with Gasteiger partial charge in [-0.2, -0.15) is 0 Å². The van der Waals surface area contributed by atoms with Crippen LogP contribution >= 0.6 is 0 Å². The lowest BCUT2D eigenvalue weighted by atomic mass is 10.1. The van der Waals surface area contributed by atoms with Gasteiger partial charge in [0.05, 0.1) is 18.8 Å². The molecule has 0 saturated carbocycles. The van der Waals surface area contributed by atoms with Crippen molar-refractivity contribution in [2.24, 2.45) is 0 Å². The summed E-state index contributed by atoms with van der Waals surface area (Å²) >= 11 is 0. The third-order valence-electron chi connectivity index (χ3n) is 5.65. The number of carbonyl (C=O) groups excluding carboxylic acids is 1. The molecule has 2 aromatic carbocycles. The normalized spacial score (nSPS) is 20.5. The molecule has 2 fully saturated rings. The molecule has 2 aliphatic rings. The maximum absolute atomic E-state index is 13.0. The van der Waals surface area contributed by atoms with Crippen LogP contribution in [0.25, 0.3) is 0 Å². The molecule has 166 valence electrons. The summed E-state index contributed by atoms with van der Waals surface area (Å²) < 4.78 is 17.1. The zero-order valence-corrected chi connectivity index (χ0v) is 17.7. The van der Waals surface area contributed by atoms with Crippen molar-refractivity contribution >= 4 is 11.7 Å². The standard InChI is InChI=1S/C24H30N2O5/c27-23-8-2-1-5-18(23)15-26(16-21-6-3-13-29-21)24(28)25-19-9-11-20(12-10-19)31-17-22-7-4-14-30-22/h1-2,5,8-12,21-22,27H,3-4,6-7,13-17H2,(H,25,28)/t21-,22-/m1/s1. The third-order valence-corrected chi connectivity index (χ3v) is 5.65. The first-order valence-electron chi connectivity index (χ1n) is 11.0. The van der Waals surface area contributed by atoms with Gasteiger partial charge in [0, 0.05) is 31.0 Å². The molecule has 0 aliphatic carbocycles. The Balaban J connectivity index is 1.37. The predicted molar refractivity (Wildman–Crippen MR) is 117 cm³/mol. The first-order chi connectivity index (χ1) is 15.2. The van der Waals surface area contributed by atoms with Gasteiger partial charge in [0.25, 0.3) is 0 Å². The van der Waals surface area contributed by atoms with Crippen molar-refractivity contribution in [3.05, 3.63) is 54.1 Å². The first kappa shape index (κ1) is 21.5. The number of nitrogens with one attached hydrogen (secondary N) is 1. The molecule has 2 amide bonds. The van der Waals surface area contributed by atoms with Crippen LogP contribution in [0.2, 0.25) is 0 Å². The Morgan fingerprint density at radius 1 is 1.03 bits per heavy atom. The molecule has 7 heteroatoms. The number of nitrogens with zero attached hydrogens (tertiary/aromatic N) is 1. The van der Waals surface area contributed by atoms with Crippen LogP contribution in [0.3, 0.4) is 0 Å². The van der Waals surface area contributed by atoms with Crippen LogP contribution in [0.5, 0.6) is 11.5 Å². The van der Waals surface area contributed by atoms with E-state index in [2.05, 4.69) is 5.32 Å². The molecule has 0 aromatic heterocycles. The lowest BCUT2D eigenvalue weighted by molar-refractivity contribution is 0.0679. The van der Waals surface area contributed by atoms with Crippen molar-refractivity contribution in [1.29, 1.82) is 0 Å². The highest BCUT2D eigenvalue weighted by atomic mass is 16.5. The maximum Gasteiger partial charge on any atom is 0.322 e. The van der Waals surface area contributed by atoms with E-state index in [0.717, 1.165) is 44.6 Å². The number of aromatic hydroxyl groups is 1. The summed E-state index contributed by atoms with van der Waals surface area (Å²) in [5, 5.41) is 13.1. The molecule has 7 nitrogen and oxygen atoms in total. The van der Waals surface area contributed by atoms with Crippen molar-refractivity contribution in [2.75, 3.05) is 31.7 Å². The van der Waals surface area contributed by atoms with Crippen LogP contribution in [-0.4, -0.2) is 54.6 Å². The molecule has 0 bridgehead atoms. The van der Waals surface area contributed by atoms with Gasteiger partial charge in [0.1, 0.15) is 18.1 Å². The van der Waals surface area contributed by atoms with Crippen molar-refractivity contribution in [3.8, 4) is 11.5 Å². The number of phenols is 1. The highest BCUT2D eigenvalue weighted by molar-refractivity contribution is 5.89. The van der Waals surface area contributed by atoms with Gasteiger partial charge in [-0.15, -0.1) is 0 Å². The van der Waals surface area contributed by atoms with Crippen molar-refractivity contribution < 1.29 is 24.1 Å². The van der Waals surface area contributed by atoms with E-state index in [4.69, 9.17) is 14.2 Å².